The van der Waals surface area contributed by atoms with E-state index in [2.05, 4.69) is 260 Å². The molecule has 5 aliphatic carbocycles. The maximum Gasteiger partial charge on any atom is 0.144 e. The van der Waals surface area contributed by atoms with Gasteiger partial charge in [0, 0.05) is 54.9 Å². The lowest BCUT2D eigenvalue weighted by Crippen LogP contribution is -2.27. The zero-order valence-electron chi connectivity index (χ0n) is 57.7. The van der Waals surface area contributed by atoms with Crippen LogP contribution in [0.1, 0.15) is 202 Å². The minimum atomic E-state index is -0.378. The summed E-state index contributed by atoms with van der Waals surface area (Å²) in [4.78, 5) is 2.37. The van der Waals surface area contributed by atoms with Crippen molar-refractivity contribution in [2.24, 2.45) is 0 Å². The predicted molar refractivity (Wildman–Crippen MR) is 409 cm³/mol. The van der Waals surface area contributed by atoms with E-state index in [0.29, 0.717) is 0 Å². The lowest BCUT2D eigenvalue weighted by atomic mass is 9.69. The first-order valence-corrected chi connectivity index (χ1v) is 36.7. The Hall–Kier alpha value is -8.98. The molecular weight excluding hydrogens is 1160 g/mol. The van der Waals surface area contributed by atoms with Crippen molar-refractivity contribution >= 4 is 33.3 Å². The number of hydrogen-bond acceptors (Lipinski definition) is 2. The Morgan fingerprint density at radius 1 is 0.438 bits per heavy atom. The fraction of sp³-hybridized carbons (Fsp3) is 0.298. The first-order chi connectivity index (χ1) is 46.9. The van der Waals surface area contributed by atoms with E-state index in [4.69, 9.17) is 4.42 Å². The number of unbranched alkanes of at least 4 members (excludes halogenated alkanes) is 10. The normalized spacial score (nSPS) is 15.9. The van der Waals surface area contributed by atoms with Crippen LogP contribution >= 0.6 is 0 Å². The Kier molecular flexibility index (Phi) is 15.8. The number of benzene rings is 10. The highest BCUT2D eigenvalue weighted by atomic mass is 16.3. The minimum absolute atomic E-state index is 0.0466. The van der Waals surface area contributed by atoms with E-state index in [1.807, 2.05) is 12.2 Å². The SMILES string of the molecule is C=C/C=C(\C=C)N(c1ccc2c(c1)C(C)(C)c1c3c(c4c(oc5ccccc54)c1-2)-c1ccc(-c2ccc4c(c2)C(C)(C)c2cc(-c5ccc6c(c5)C(CCCCCCCC)(CCCCCCCC)c5ccccc5-6)ccc2-4)cc1C31CCCC1)c1ccccc1-c1ccccc1. The molecule has 0 radical (unpaired) electrons. The summed E-state index contributed by atoms with van der Waals surface area (Å²) in [6, 6.07) is 75.0. The summed E-state index contributed by atoms with van der Waals surface area (Å²) in [7, 11) is 0. The van der Waals surface area contributed by atoms with Gasteiger partial charge in [0.05, 0.1) is 5.69 Å². The van der Waals surface area contributed by atoms with Crippen molar-refractivity contribution in [1.82, 2.24) is 0 Å². The smallest absolute Gasteiger partial charge is 0.144 e. The third-order valence-corrected chi connectivity index (χ3v) is 23.9. The molecule has 480 valence electrons. The maximum absolute atomic E-state index is 7.30. The zero-order chi connectivity index (χ0) is 65.5. The minimum Gasteiger partial charge on any atom is -0.455 e. The average Bonchev–Trinajstić information content (AvgIpc) is 1.50. The van der Waals surface area contributed by atoms with Crippen molar-refractivity contribution in [3.8, 4) is 77.9 Å². The number of fused-ring (bicyclic) bond motifs is 20. The largest absolute Gasteiger partial charge is 0.455 e. The number of hydrogen-bond donors (Lipinski definition) is 0. The van der Waals surface area contributed by atoms with E-state index in [-0.39, 0.29) is 21.7 Å². The molecule has 0 bridgehead atoms. The van der Waals surface area contributed by atoms with Crippen LogP contribution in [0.3, 0.4) is 0 Å². The molecule has 0 saturated heterocycles. The van der Waals surface area contributed by atoms with Gasteiger partial charge in [0.25, 0.3) is 0 Å². The standard InChI is InChI=1S/C94H93NO/c1-9-13-15-17-19-30-53-93(54-31-20-18-16-14-10-2)77-40-27-24-38-70(77)73-50-45-65(59-81(73)93)63-43-48-71-72-49-44-64(58-79(72)91(5,6)78(71)57-63)66-46-51-75-82(60-66)94(55-32-33-56-94)89-85(75)86-76-39-26-29-42-84(76)96-90(86)87-74-52-47-68(61-80(74)92(7,8)88(87)89)95(67(12-4)34-11-3)83-41-28-25-37-69(83)62-35-22-21-23-36-62/h11-12,21-29,34-52,57-61H,3-4,9-10,13-20,30-33,53-56H2,1-2,5-8H3/b67-34+. The highest BCUT2D eigenvalue weighted by Gasteiger charge is 2.53. The number of allylic oxidation sites excluding steroid dienone is 3. The second-order valence-electron chi connectivity index (χ2n) is 30.0. The lowest BCUT2D eigenvalue weighted by Gasteiger charge is -2.34. The number of nitrogens with zero attached hydrogens (tertiary/aromatic N) is 1. The summed E-state index contributed by atoms with van der Waals surface area (Å²) >= 11 is 0. The van der Waals surface area contributed by atoms with Crippen LogP contribution < -0.4 is 4.90 Å². The van der Waals surface area contributed by atoms with Gasteiger partial charge in [0.1, 0.15) is 11.2 Å². The Morgan fingerprint density at radius 2 is 0.948 bits per heavy atom. The van der Waals surface area contributed by atoms with E-state index < -0.39 is 0 Å². The molecule has 1 aromatic heterocycles. The lowest BCUT2D eigenvalue weighted by molar-refractivity contribution is 0.398. The predicted octanol–water partition coefficient (Wildman–Crippen LogP) is 27.2. The zero-order valence-corrected chi connectivity index (χ0v) is 57.7. The Labute approximate surface area is 571 Å². The first kappa shape index (κ1) is 61.9. The fourth-order valence-corrected chi connectivity index (χ4v) is 19.2. The van der Waals surface area contributed by atoms with Gasteiger partial charge in [-0.2, -0.15) is 0 Å². The number of anilines is 2. The number of furan rings is 1. The molecule has 2 nitrogen and oxygen atoms in total. The maximum atomic E-state index is 7.30. The molecule has 10 aromatic carbocycles. The van der Waals surface area contributed by atoms with Gasteiger partial charge in [-0.3, -0.25) is 0 Å². The molecule has 11 aromatic rings. The summed E-state index contributed by atoms with van der Waals surface area (Å²) in [5.74, 6) is 0. The number of para-hydroxylation sites is 2. The summed E-state index contributed by atoms with van der Waals surface area (Å²) in [5, 5.41) is 2.45. The molecule has 96 heavy (non-hydrogen) atoms. The van der Waals surface area contributed by atoms with Crippen LogP contribution in [0, 0.1) is 0 Å². The van der Waals surface area contributed by atoms with E-state index >= 15 is 0 Å². The highest BCUT2D eigenvalue weighted by Crippen LogP contribution is 2.67. The quantitative estimate of drug-likeness (QED) is 0.0497. The summed E-state index contributed by atoms with van der Waals surface area (Å²) in [6.07, 6.45) is 28.9. The van der Waals surface area contributed by atoms with Crippen molar-refractivity contribution in [3.05, 3.63) is 276 Å². The van der Waals surface area contributed by atoms with Crippen molar-refractivity contribution < 1.29 is 4.42 Å². The van der Waals surface area contributed by atoms with Gasteiger partial charge in [-0.05, 0) is 198 Å². The monoisotopic (exact) mass is 1250 g/mol. The van der Waals surface area contributed by atoms with Crippen LogP contribution in [-0.2, 0) is 21.7 Å². The fourth-order valence-electron chi connectivity index (χ4n) is 19.2. The first-order valence-electron chi connectivity index (χ1n) is 36.7. The van der Waals surface area contributed by atoms with Crippen LogP contribution in [0.5, 0.6) is 0 Å². The van der Waals surface area contributed by atoms with Gasteiger partial charge in [-0.1, -0.05) is 296 Å². The molecule has 1 fully saturated rings. The van der Waals surface area contributed by atoms with E-state index in [1.54, 1.807) is 11.1 Å². The van der Waals surface area contributed by atoms with Crippen molar-refractivity contribution in [3.63, 3.8) is 0 Å². The summed E-state index contributed by atoms with van der Waals surface area (Å²) in [5.41, 5.74) is 34.6. The van der Waals surface area contributed by atoms with Gasteiger partial charge < -0.3 is 9.32 Å². The van der Waals surface area contributed by atoms with Crippen LogP contribution in [0.25, 0.3) is 99.8 Å². The Balaban J connectivity index is 0.770. The van der Waals surface area contributed by atoms with Gasteiger partial charge >= 0.3 is 0 Å². The molecule has 16 rings (SSSR count). The van der Waals surface area contributed by atoms with E-state index in [0.717, 1.165) is 52.2 Å². The summed E-state index contributed by atoms with van der Waals surface area (Å²) in [6.45, 7) is 23.1. The molecule has 0 N–H and O–H groups in total. The topological polar surface area (TPSA) is 16.4 Å². The molecule has 1 saturated carbocycles. The Bertz CT molecular complexity index is 4900. The molecule has 0 unspecified atom stereocenters. The van der Waals surface area contributed by atoms with Gasteiger partial charge in [-0.15, -0.1) is 0 Å². The molecule has 1 heterocycles. The van der Waals surface area contributed by atoms with Crippen LogP contribution in [-0.4, -0.2) is 0 Å². The third kappa shape index (κ3) is 9.68. The molecule has 0 amide bonds. The van der Waals surface area contributed by atoms with Crippen LogP contribution in [0.2, 0.25) is 0 Å². The van der Waals surface area contributed by atoms with Gasteiger partial charge in [-0.25, -0.2) is 0 Å². The van der Waals surface area contributed by atoms with Crippen molar-refractivity contribution in [1.29, 1.82) is 0 Å². The molecule has 2 heteroatoms. The van der Waals surface area contributed by atoms with Crippen molar-refractivity contribution in [2.75, 3.05) is 4.90 Å². The van der Waals surface area contributed by atoms with Crippen molar-refractivity contribution in [2.45, 2.75) is 179 Å². The number of rotatable bonds is 22. The molecule has 5 aliphatic rings. The van der Waals surface area contributed by atoms with E-state index in [9.17, 15) is 0 Å². The van der Waals surface area contributed by atoms with Crippen LogP contribution in [0.4, 0.5) is 11.4 Å². The molecule has 1 spiro atoms. The van der Waals surface area contributed by atoms with Gasteiger partial charge in [0.15, 0.2) is 0 Å². The van der Waals surface area contributed by atoms with E-state index in [1.165, 1.54) is 214 Å². The second kappa shape index (κ2) is 24.6. The average molecular weight is 1250 g/mol. The second-order valence-corrected chi connectivity index (χ2v) is 30.0. The van der Waals surface area contributed by atoms with Gasteiger partial charge in [0.2, 0.25) is 0 Å². The summed E-state index contributed by atoms with van der Waals surface area (Å²) < 4.78 is 7.30. The highest BCUT2D eigenvalue weighted by molar-refractivity contribution is 6.21. The Morgan fingerprint density at radius 3 is 1.59 bits per heavy atom. The van der Waals surface area contributed by atoms with Crippen LogP contribution in [0.15, 0.2) is 236 Å². The molecule has 0 aliphatic heterocycles. The molecular formula is C94H93NO. The third-order valence-electron chi connectivity index (χ3n) is 23.9. The molecule has 0 atom stereocenters.